The monoisotopic (exact) mass is 392 g/mol. The van der Waals surface area contributed by atoms with Crippen LogP contribution in [-0.2, 0) is 4.79 Å². The summed E-state index contributed by atoms with van der Waals surface area (Å²) in [7, 11) is 1.62. The van der Waals surface area contributed by atoms with Gasteiger partial charge in [0.15, 0.2) is 0 Å². The van der Waals surface area contributed by atoms with Crippen molar-refractivity contribution >= 4 is 28.6 Å². The van der Waals surface area contributed by atoms with Gasteiger partial charge in [0.1, 0.15) is 0 Å². The summed E-state index contributed by atoms with van der Waals surface area (Å²) in [6.07, 6.45) is 4.92. The third kappa shape index (κ3) is 4.74. The summed E-state index contributed by atoms with van der Waals surface area (Å²) in [5.74, 6) is 0.261. The fraction of sp³-hybridized carbons (Fsp3) is 0.333. The quantitative estimate of drug-likeness (QED) is 0.430. The molecule has 0 bridgehead atoms. The Morgan fingerprint density at radius 3 is 2.48 bits per heavy atom. The van der Waals surface area contributed by atoms with Gasteiger partial charge in [-0.25, -0.2) is 0 Å². The molecule has 3 rings (SSSR count). The average Bonchev–Trinajstić information content (AvgIpc) is 3.56. The van der Waals surface area contributed by atoms with Crippen LogP contribution in [0.2, 0.25) is 0 Å². The maximum atomic E-state index is 12.7. The number of allylic oxidation sites excluding steroid dienone is 1. The van der Waals surface area contributed by atoms with Crippen molar-refractivity contribution in [1.82, 2.24) is 5.32 Å². The van der Waals surface area contributed by atoms with E-state index in [1.165, 1.54) is 5.56 Å². The van der Waals surface area contributed by atoms with Crippen LogP contribution in [0.25, 0.3) is 5.57 Å². The highest BCUT2D eigenvalue weighted by atomic mass is 16.2. The van der Waals surface area contributed by atoms with Gasteiger partial charge < -0.3 is 16.2 Å². The van der Waals surface area contributed by atoms with Crippen molar-refractivity contribution < 1.29 is 14.9 Å². The third-order valence-corrected chi connectivity index (χ3v) is 5.35. The fourth-order valence-corrected chi connectivity index (χ4v) is 3.57. The first-order valence-electron chi connectivity index (χ1n) is 10.1. The Balaban J connectivity index is 2.16. The number of carbonyl (C=O) groups excluding carboxylic acids is 1. The van der Waals surface area contributed by atoms with Crippen LogP contribution >= 0.6 is 0 Å². The van der Waals surface area contributed by atoms with Gasteiger partial charge in [0.25, 0.3) is 5.71 Å². The molecule has 5 nitrogen and oxygen atoms in total. The van der Waals surface area contributed by atoms with E-state index in [4.69, 9.17) is 5.73 Å². The second kappa shape index (κ2) is 9.05. The van der Waals surface area contributed by atoms with Gasteiger partial charge in [-0.05, 0) is 60.9 Å². The average molecular weight is 393 g/mol. The Labute approximate surface area is 172 Å². The maximum absolute atomic E-state index is 12.7. The molecule has 2 aromatic rings. The Morgan fingerprint density at radius 2 is 1.93 bits per heavy atom. The number of aliphatic hydroxyl groups excluding tert-OH is 1. The van der Waals surface area contributed by atoms with Crippen LogP contribution in [0.5, 0.6) is 0 Å². The molecule has 5 heteroatoms. The number of benzene rings is 2. The van der Waals surface area contributed by atoms with E-state index in [0.29, 0.717) is 22.9 Å². The molecular formula is C24H30N3O2+. The van der Waals surface area contributed by atoms with Crippen molar-refractivity contribution in [2.45, 2.75) is 39.0 Å². The minimum Gasteiger partial charge on any atom is -0.398 e. The molecule has 5 N–H and O–H groups in total. The predicted octanol–water partition coefficient (Wildman–Crippen LogP) is 2.19. The lowest BCUT2D eigenvalue weighted by atomic mass is 9.90. The standard InChI is InChI=1S/C24H29N3O2/c1-4-16(11-12-28)20-14-22(25)21(13-19(20)17-7-8-17)23(24(29)26-3)27-18-9-5-15(2)6-10-18/h5-6,9-11,13-14,17,28H,4,7-8,12,25H2,1-3H3,(H,26,29)/p+1/b16-11+,27-23?. The Bertz CT molecular complexity index is 955. The molecule has 2 aromatic carbocycles. The normalized spacial score (nSPS) is 14.8. The molecule has 0 spiro atoms. The highest BCUT2D eigenvalue weighted by Crippen LogP contribution is 2.45. The van der Waals surface area contributed by atoms with Gasteiger partial charge in [-0.3, -0.25) is 4.79 Å². The minimum atomic E-state index is -0.214. The van der Waals surface area contributed by atoms with Crippen molar-refractivity contribution in [3.63, 3.8) is 0 Å². The molecule has 0 saturated heterocycles. The van der Waals surface area contributed by atoms with E-state index in [1.54, 1.807) is 7.05 Å². The van der Waals surface area contributed by atoms with Gasteiger partial charge in [-0.1, -0.05) is 30.7 Å². The van der Waals surface area contributed by atoms with Gasteiger partial charge >= 0.3 is 5.91 Å². The second-order valence-electron chi connectivity index (χ2n) is 7.51. The number of hydrogen-bond acceptors (Lipinski definition) is 3. The van der Waals surface area contributed by atoms with Gasteiger partial charge in [-0.2, -0.15) is 4.99 Å². The lowest BCUT2D eigenvalue weighted by molar-refractivity contribution is -0.352. The van der Waals surface area contributed by atoms with Crippen LogP contribution < -0.4 is 16.0 Å². The first-order valence-corrected chi connectivity index (χ1v) is 10.1. The predicted molar refractivity (Wildman–Crippen MR) is 118 cm³/mol. The summed E-state index contributed by atoms with van der Waals surface area (Å²) in [5, 5.41) is 12.1. The van der Waals surface area contributed by atoms with Gasteiger partial charge in [0.2, 0.25) is 5.69 Å². The largest absolute Gasteiger partial charge is 0.398 e. The lowest BCUT2D eigenvalue weighted by Crippen LogP contribution is -2.70. The number of amides is 1. The van der Waals surface area contributed by atoms with Crippen LogP contribution in [0.4, 0.5) is 11.4 Å². The number of anilines is 1. The number of aliphatic hydroxyl groups is 1. The van der Waals surface area contributed by atoms with E-state index in [2.05, 4.69) is 23.3 Å². The maximum Gasteiger partial charge on any atom is 0.316 e. The summed E-state index contributed by atoms with van der Waals surface area (Å²) < 4.78 is 0. The zero-order valence-corrected chi connectivity index (χ0v) is 17.4. The Morgan fingerprint density at radius 1 is 1.24 bits per heavy atom. The number of aryl methyl sites for hydroxylation is 1. The topological polar surface area (TPSA) is 89.3 Å². The highest BCUT2D eigenvalue weighted by Gasteiger charge is 2.31. The van der Waals surface area contributed by atoms with E-state index < -0.39 is 0 Å². The van der Waals surface area contributed by atoms with Crippen LogP contribution in [0.3, 0.4) is 0 Å². The molecule has 0 unspecified atom stereocenters. The summed E-state index contributed by atoms with van der Waals surface area (Å²) in [6.45, 7) is 4.10. The molecule has 0 atom stereocenters. The van der Waals surface area contributed by atoms with Crippen LogP contribution in [0.1, 0.15) is 54.4 Å². The lowest BCUT2D eigenvalue weighted by Gasteiger charge is -2.15. The highest BCUT2D eigenvalue weighted by molar-refractivity contribution is 6.44. The van der Waals surface area contributed by atoms with E-state index in [-0.39, 0.29) is 12.5 Å². The smallest absolute Gasteiger partial charge is 0.316 e. The molecule has 29 heavy (non-hydrogen) atoms. The molecule has 1 fully saturated rings. The van der Waals surface area contributed by atoms with E-state index in [1.807, 2.05) is 43.3 Å². The van der Waals surface area contributed by atoms with Crippen molar-refractivity contribution in [1.29, 1.82) is 0 Å². The zero-order valence-electron chi connectivity index (χ0n) is 17.4. The first-order chi connectivity index (χ1) is 14.0. The van der Waals surface area contributed by atoms with E-state index >= 15 is 0 Å². The van der Waals surface area contributed by atoms with Crippen LogP contribution in [0, 0.1) is 6.92 Å². The van der Waals surface area contributed by atoms with Crippen molar-refractivity contribution in [3.05, 3.63) is 64.7 Å². The summed E-state index contributed by atoms with van der Waals surface area (Å²) >= 11 is 0. The number of carbonyl (C=O) groups is 1. The SMILES string of the molecule is CC/C(=C\CO)c1cc(N)c(C(=[NH+]c2ccc(C)cc2)C(=O)NC)cc1C1CC1. The van der Waals surface area contributed by atoms with Crippen LogP contribution in [0.15, 0.2) is 42.5 Å². The van der Waals surface area contributed by atoms with Crippen molar-refractivity contribution in [2.75, 3.05) is 19.4 Å². The third-order valence-electron chi connectivity index (χ3n) is 5.35. The van der Waals surface area contributed by atoms with Gasteiger partial charge in [-0.15, -0.1) is 0 Å². The molecule has 0 aliphatic heterocycles. The van der Waals surface area contributed by atoms with E-state index in [0.717, 1.165) is 41.6 Å². The van der Waals surface area contributed by atoms with E-state index in [9.17, 15) is 9.90 Å². The summed E-state index contributed by atoms with van der Waals surface area (Å²) in [6, 6.07) is 11.9. The van der Waals surface area contributed by atoms with Crippen molar-refractivity contribution in [3.8, 4) is 0 Å². The minimum absolute atomic E-state index is 0.000465. The van der Waals surface area contributed by atoms with Crippen LogP contribution in [-0.4, -0.2) is 30.4 Å². The zero-order chi connectivity index (χ0) is 21.0. The molecule has 1 aliphatic rings. The summed E-state index contributed by atoms with van der Waals surface area (Å²) in [4.78, 5) is 16.0. The molecule has 152 valence electrons. The molecule has 1 aliphatic carbocycles. The number of hydrogen-bond donors (Lipinski definition) is 4. The van der Waals surface area contributed by atoms with Gasteiger partial charge in [0, 0.05) is 24.9 Å². The molecule has 1 saturated carbocycles. The number of rotatable bonds is 7. The number of nitrogens with two attached hydrogens (primary N) is 1. The molecular weight excluding hydrogens is 362 g/mol. The number of nitrogens with one attached hydrogen (secondary N) is 2. The Kier molecular flexibility index (Phi) is 6.49. The molecule has 0 aromatic heterocycles. The first kappa shape index (κ1) is 20.8. The number of likely N-dealkylation sites (N-methyl/N-ethyl adjacent to an activating group) is 1. The van der Waals surface area contributed by atoms with Gasteiger partial charge in [0.05, 0.1) is 12.2 Å². The number of nitrogen functional groups attached to an aromatic ring is 1. The molecule has 1 amide bonds. The molecule has 0 heterocycles. The van der Waals surface area contributed by atoms with Crippen molar-refractivity contribution in [2.24, 2.45) is 0 Å². The second-order valence-corrected chi connectivity index (χ2v) is 7.51. The fourth-order valence-electron chi connectivity index (χ4n) is 3.57. The Hall–Kier alpha value is -2.92. The molecule has 0 radical (unpaired) electrons. The summed E-state index contributed by atoms with van der Waals surface area (Å²) in [5.41, 5.74) is 13.5.